The van der Waals surface area contributed by atoms with E-state index in [4.69, 9.17) is 10.4 Å². The molecule has 0 rings (SSSR count). The molecule has 0 amide bonds. The van der Waals surface area contributed by atoms with E-state index < -0.39 is 23.8 Å². The van der Waals surface area contributed by atoms with Gasteiger partial charge in [0.1, 0.15) is 0 Å². The minimum atomic E-state index is -1.69. The van der Waals surface area contributed by atoms with Crippen LogP contribution in [0.15, 0.2) is 0 Å². The van der Waals surface area contributed by atoms with Gasteiger partial charge >= 0.3 is 11.9 Å². The maximum Gasteiger partial charge on any atom is 0.324 e. The van der Waals surface area contributed by atoms with Gasteiger partial charge in [-0.05, 0) is 13.8 Å². The fraction of sp³-hybridized carbons (Fsp3) is 0.625. The highest BCUT2D eigenvalue weighted by molar-refractivity contribution is 5.84. The van der Waals surface area contributed by atoms with Crippen LogP contribution in [-0.4, -0.2) is 23.7 Å². The van der Waals surface area contributed by atoms with Gasteiger partial charge < -0.3 is 9.84 Å². The largest absolute Gasteiger partial charge is 0.480 e. The normalized spacial score (nSPS) is 13.9. The molecule has 0 aromatic carbocycles. The van der Waals surface area contributed by atoms with Crippen LogP contribution in [-0.2, 0) is 14.3 Å². The summed E-state index contributed by atoms with van der Waals surface area (Å²) in [4.78, 5) is 21.4. The second kappa shape index (κ2) is 4.45. The third-order valence-electron chi connectivity index (χ3n) is 1.52. The highest BCUT2D eigenvalue weighted by atomic mass is 16.5. The Balaban J connectivity index is 4.39. The zero-order valence-corrected chi connectivity index (χ0v) is 7.53. The Morgan fingerprint density at radius 2 is 2.15 bits per heavy atom. The molecule has 0 aliphatic rings. The van der Waals surface area contributed by atoms with Crippen LogP contribution in [0.3, 0.4) is 0 Å². The molecule has 0 radical (unpaired) electrons. The van der Waals surface area contributed by atoms with E-state index in [2.05, 4.69) is 4.74 Å². The predicted molar refractivity (Wildman–Crippen MR) is 42.6 cm³/mol. The van der Waals surface area contributed by atoms with E-state index in [1.54, 1.807) is 13.0 Å². The molecular weight excluding hydrogens is 174 g/mol. The number of aliphatic carboxylic acids is 1. The van der Waals surface area contributed by atoms with Crippen molar-refractivity contribution in [3.63, 3.8) is 0 Å². The van der Waals surface area contributed by atoms with Gasteiger partial charge in [-0.25, -0.2) is 0 Å². The maximum absolute atomic E-state index is 10.9. The Kier molecular flexibility index (Phi) is 3.92. The molecule has 5 nitrogen and oxygen atoms in total. The van der Waals surface area contributed by atoms with Gasteiger partial charge in [-0.2, -0.15) is 5.26 Å². The quantitative estimate of drug-likeness (QED) is 0.646. The first-order valence-corrected chi connectivity index (χ1v) is 3.76. The van der Waals surface area contributed by atoms with Crippen molar-refractivity contribution in [3.05, 3.63) is 0 Å². The van der Waals surface area contributed by atoms with Crippen LogP contribution < -0.4 is 0 Å². The van der Waals surface area contributed by atoms with Gasteiger partial charge in [0.2, 0.25) is 0 Å². The first-order valence-electron chi connectivity index (χ1n) is 3.76. The summed E-state index contributed by atoms with van der Waals surface area (Å²) < 4.78 is 4.54. The van der Waals surface area contributed by atoms with Crippen LogP contribution in [0.2, 0.25) is 0 Å². The molecule has 0 saturated carbocycles. The molecule has 1 atom stereocenters. The molecule has 1 N–H and O–H groups in total. The van der Waals surface area contributed by atoms with Gasteiger partial charge in [0.25, 0.3) is 0 Å². The van der Waals surface area contributed by atoms with E-state index in [0.717, 1.165) is 0 Å². The van der Waals surface area contributed by atoms with Gasteiger partial charge in [0, 0.05) is 0 Å². The van der Waals surface area contributed by atoms with Crippen molar-refractivity contribution in [2.24, 2.45) is 5.41 Å². The minimum Gasteiger partial charge on any atom is -0.480 e. The minimum absolute atomic E-state index is 0.181. The van der Waals surface area contributed by atoms with Crippen molar-refractivity contribution in [3.8, 4) is 6.07 Å². The molecule has 13 heavy (non-hydrogen) atoms. The topological polar surface area (TPSA) is 87.4 Å². The average molecular weight is 185 g/mol. The number of carbonyl (C=O) groups is 2. The Morgan fingerprint density at radius 1 is 1.62 bits per heavy atom. The molecule has 0 spiro atoms. The van der Waals surface area contributed by atoms with Gasteiger partial charge in [0.05, 0.1) is 19.1 Å². The van der Waals surface area contributed by atoms with Crippen molar-refractivity contribution in [2.75, 3.05) is 6.61 Å². The van der Waals surface area contributed by atoms with E-state index in [1.165, 1.54) is 6.92 Å². The first-order chi connectivity index (χ1) is 5.96. The Hall–Kier alpha value is -1.57. The van der Waals surface area contributed by atoms with Gasteiger partial charge in [-0.1, -0.05) is 0 Å². The van der Waals surface area contributed by atoms with E-state index in [9.17, 15) is 9.59 Å². The number of ether oxygens (including phenoxy) is 1. The smallest absolute Gasteiger partial charge is 0.324 e. The summed E-state index contributed by atoms with van der Waals surface area (Å²) in [5.74, 6) is -1.99. The van der Waals surface area contributed by atoms with E-state index in [0.29, 0.717) is 0 Å². The highest BCUT2D eigenvalue weighted by Gasteiger charge is 2.36. The van der Waals surface area contributed by atoms with Crippen molar-refractivity contribution < 1.29 is 19.4 Å². The fourth-order valence-corrected chi connectivity index (χ4v) is 0.664. The summed E-state index contributed by atoms with van der Waals surface area (Å²) in [5, 5.41) is 17.2. The number of esters is 1. The molecule has 0 bridgehead atoms. The van der Waals surface area contributed by atoms with Gasteiger partial charge in [0.15, 0.2) is 5.41 Å². The van der Waals surface area contributed by atoms with Crippen molar-refractivity contribution in [1.29, 1.82) is 5.26 Å². The number of nitrogens with zero attached hydrogens (tertiary/aromatic N) is 1. The average Bonchev–Trinajstić information content (AvgIpc) is 2.04. The SMILES string of the molecule is CCOC(=O)CC(C)(C#N)C(=O)O. The predicted octanol–water partition coefficient (Wildman–Crippen LogP) is 0.554. The third-order valence-corrected chi connectivity index (χ3v) is 1.52. The zero-order chi connectivity index (χ0) is 10.5. The Morgan fingerprint density at radius 3 is 2.46 bits per heavy atom. The lowest BCUT2D eigenvalue weighted by Crippen LogP contribution is -2.29. The lowest BCUT2D eigenvalue weighted by Gasteiger charge is -2.13. The molecule has 0 aliphatic carbocycles. The molecule has 0 saturated heterocycles. The van der Waals surface area contributed by atoms with Crippen LogP contribution in [0.1, 0.15) is 20.3 Å². The number of carboxylic acids is 1. The van der Waals surface area contributed by atoms with Crippen LogP contribution in [0.4, 0.5) is 0 Å². The second-order valence-electron chi connectivity index (χ2n) is 2.73. The molecule has 0 aromatic rings. The summed E-state index contributed by atoms with van der Waals surface area (Å²) in [6.45, 7) is 2.98. The number of carboxylic acid groups (broad SMARTS) is 1. The standard InChI is InChI=1S/C8H11NO4/c1-3-13-6(10)4-8(2,5-9)7(11)12/h3-4H2,1-2H3,(H,11,12). The fourth-order valence-electron chi connectivity index (χ4n) is 0.664. The Labute approximate surface area is 75.9 Å². The summed E-state index contributed by atoms with van der Waals surface area (Å²) in [6.07, 6.45) is -0.424. The van der Waals surface area contributed by atoms with Crippen molar-refractivity contribution in [1.82, 2.24) is 0 Å². The molecule has 0 aliphatic heterocycles. The van der Waals surface area contributed by atoms with Crippen molar-refractivity contribution in [2.45, 2.75) is 20.3 Å². The molecule has 0 heterocycles. The molecule has 72 valence electrons. The van der Waals surface area contributed by atoms with Crippen LogP contribution in [0.25, 0.3) is 0 Å². The third kappa shape index (κ3) is 3.11. The van der Waals surface area contributed by atoms with Gasteiger partial charge in [-0.3, -0.25) is 9.59 Å². The molecule has 0 fully saturated rings. The molecular formula is C8H11NO4. The zero-order valence-electron chi connectivity index (χ0n) is 7.53. The number of hydrogen-bond donors (Lipinski definition) is 1. The molecule has 5 heteroatoms. The lowest BCUT2D eigenvalue weighted by molar-refractivity contribution is -0.154. The summed E-state index contributed by atoms with van der Waals surface area (Å²) in [6, 6.07) is 1.57. The summed E-state index contributed by atoms with van der Waals surface area (Å²) in [7, 11) is 0. The lowest BCUT2D eigenvalue weighted by atomic mass is 9.89. The van der Waals surface area contributed by atoms with Crippen LogP contribution >= 0.6 is 0 Å². The molecule has 1 unspecified atom stereocenters. The summed E-state index contributed by atoms with van der Waals surface area (Å²) in [5.41, 5.74) is -1.69. The Bertz CT molecular complexity index is 255. The number of rotatable bonds is 4. The van der Waals surface area contributed by atoms with Gasteiger partial charge in [-0.15, -0.1) is 0 Å². The van der Waals surface area contributed by atoms with Crippen LogP contribution in [0.5, 0.6) is 0 Å². The van der Waals surface area contributed by atoms with Crippen molar-refractivity contribution >= 4 is 11.9 Å². The highest BCUT2D eigenvalue weighted by Crippen LogP contribution is 2.20. The van der Waals surface area contributed by atoms with E-state index in [1.807, 2.05) is 0 Å². The number of nitriles is 1. The number of carbonyl (C=O) groups excluding carboxylic acids is 1. The summed E-state index contributed by atoms with van der Waals surface area (Å²) >= 11 is 0. The monoisotopic (exact) mass is 185 g/mol. The first kappa shape index (κ1) is 11.4. The molecule has 0 aromatic heterocycles. The second-order valence-corrected chi connectivity index (χ2v) is 2.73. The van der Waals surface area contributed by atoms with Crippen LogP contribution in [0, 0.1) is 16.7 Å². The maximum atomic E-state index is 10.9. The number of hydrogen-bond acceptors (Lipinski definition) is 4. The van der Waals surface area contributed by atoms with E-state index >= 15 is 0 Å². The van der Waals surface area contributed by atoms with E-state index in [-0.39, 0.29) is 6.61 Å².